The van der Waals surface area contributed by atoms with Crippen LogP contribution in [0.15, 0.2) is 10.6 Å². The third-order valence-corrected chi connectivity index (χ3v) is 3.46. The number of anilines is 1. The first-order valence-electron chi connectivity index (χ1n) is 6.62. The topological polar surface area (TPSA) is 58.4 Å². The highest BCUT2D eigenvalue weighted by atomic mass is 16.5. The molecule has 0 radical (unpaired) electrons. The molecule has 1 amide bonds. The van der Waals surface area contributed by atoms with Crippen LogP contribution in [0.2, 0.25) is 0 Å². The first-order chi connectivity index (χ1) is 8.65. The second-order valence-corrected chi connectivity index (χ2v) is 5.00. The molecule has 0 saturated carbocycles. The summed E-state index contributed by atoms with van der Waals surface area (Å²) in [5.41, 5.74) is 0. The zero-order chi connectivity index (χ0) is 13.0. The predicted molar refractivity (Wildman–Crippen MR) is 69.4 cm³/mol. The first kappa shape index (κ1) is 13.1. The van der Waals surface area contributed by atoms with Gasteiger partial charge in [0, 0.05) is 25.1 Å². The van der Waals surface area contributed by atoms with E-state index in [1.165, 1.54) is 19.3 Å². The van der Waals surface area contributed by atoms with E-state index in [0.717, 1.165) is 13.1 Å². The van der Waals surface area contributed by atoms with Crippen LogP contribution in [0.25, 0.3) is 0 Å². The fourth-order valence-electron chi connectivity index (χ4n) is 2.37. The SMILES string of the molecule is Cc1cc(NC(=O)CCN2CCCC[C@@H]2C)no1. The van der Waals surface area contributed by atoms with E-state index in [0.29, 0.717) is 24.0 Å². The Bertz CT molecular complexity index is 403. The molecule has 0 unspecified atom stereocenters. The average molecular weight is 251 g/mol. The van der Waals surface area contributed by atoms with E-state index in [4.69, 9.17) is 4.52 Å². The molecule has 0 spiro atoms. The third-order valence-electron chi connectivity index (χ3n) is 3.46. The van der Waals surface area contributed by atoms with Gasteiger partial charge in [0.2, 0.25) is 5.91 Å². The second kappa shape index (κ2) is 6.00. The van der Waals surface area contributed by atoms with Crippen molar-refractivity contribution in [3.05, 3.63) is 11.8 Å². The van der Waals surface area contributed by atoms with Crippen molar-refractivity contribution in [3.8, 4) is 0 Å². The van der Waals surface area contributed by atoms with Crippen LogP contribution in [-0.4, -0.2) is 35.1 Å². The van der Waals surface area contributed by atoms with Gasteiger partial charge >= 0.3 is 0 Å². The largest absolute Gasteiger partial charge is 0.360 e. The number of carbonyl (C=O) groups excluding carboxylic acids is 1. The minimum Gasteiger partial charge on any atom is -0.360 e. The molecule has 1 fully saturated rings. The lowest BCUT2D eigenvalue weighted by atomic mass is 10.0. The number of nitrogens with one attached hydrogen (secondary N) is 1. The van der Waals surface area contributed by atoms with Gasteiger partial charge in [-0.1, -0.05) is 11.6 Å². The number of aromatic nitrogens is 1. The maximum atomic E-state index is 11.8. The van der Waals surface area contributed by atoms with Crippen molar-refractivity contribution in [2.75, 3.05) is 18.4 Å². The van der Waals surface area contributed by atoms with Gasteiger partial charge in [0.15, 0.2) is 5.82 Å². The molecular formula is C13H21N3O2. The highest BCUT2D eigenvalue weighted by Gasteiger charge is 2.18. The van der Waals surface area contributed by atoms with Crippen LogP contribution in [0.3, 0.4) is 0 Å². The Morgan fingerprint density at radius 1 is 1.61 bits per heavy atom. The van der Waals surface area contributed by atoms with Crippen LogP contribution in [0.5, 0.6) is 0 Å². The monoisotopic (exact) mass is 251 g/mol. The highest BCUT2D eigenvalue weighted by Crippen LogP contribution is 2.16. The molecule has 1 aliphatic rings. The number of carbonyl (C=O) groups is 1. The van der Waals surface area contributed by atoms with Gasteiger partial charge in [-0.15, -0.1) is 0 Å². The lowest BCUT2D eigenvalue weighted by Crippen LogP contribution is -2.39. The standard InChI is InChI=1S/C13H21N3O2/c1-10-5-3-4-7-16(10)8-6-13(17)14-12-9-11(2)18-15-12/h9-10H,3-8H2,1-2H3,(H,14,15,17)/t10-/m0/s1. The normalized spacial score (nSPS) is 20.9. The van der Waals surface area contributed by atoms with Gasteiger partial charge in [-0.05, 0) is 33.2 Å². The fourth-order valence-corrected chi connectivity index (χ4v) is 2.37. The van der Waals surface area contributed by atoms with E-state index in [-0.39, 0.29) is 5.91 Å². The number of piperidine rings is 1. The Balaban J connectivity index is 1.74. The molecule has 1 atom stereocenters. The molecule has 0 aliphatic carbocycles. The van der Waals surface area contributed by atoms with Crippen molar-refractivity contribution in [3.63, 3.8) is 0 Å². The second-order valence-electron chi connectivity index (χ2n) is 5.00. The summed E-state index contributed by atoms with van der Waals surface area (Å²) in [5.74, 6) is 1.21. The molecule has 1 saturated heterocycles. The minimum atomic E-state index is 0.000994. The van der Waals surface area contributed by atoms with Gasteiger partial charge in [-0.3, -0.25) is 4.79 Å². The zero-order valence-corrected chi connectivity index (χ0v) is 11.1. The molecule has 2 rings (SSSR count). The average Bonchev–Trinajstić information content (AvgIpc) is 2.74. The van der Waals surface area contributed by atoms with Crippen LogP contribution in [-0.2, 0) is 4.79 Å². The lowest BCUT2D eigenvalue weighted by Gasteiger charge is -2.32. The molecule has 1 aromatic rings. The summed E-state index contributed by atoms with van der Waals surface area (Å²) in [7, 11) is 0. The van der Waals surface area contributed by atoms with Gasteiger partial charge in [-0.25, -0.2) is 0 Å². The Morgan fingerprint density at radius 2 is 2.44 bits per heavy atom. The van der Waals surface area contributed by atoms with E-state index in [1.807, 2.05) is 0 Å². The van der Waals surface area contributed by atoms with Crippen molar-refractivity contribution in [1.29, 1.82) is 0 Å². The van der Waals surface area contributed by atoms with Gasteiger partial charge in [0.25, 0.3) is 0 Å². The predicted octanol–water partition coefficient (Wildman–Crippen LogP) is 2.19. The summed E-state index contributed by atoms with van der Waals surface area (Å²) in [4.78, 5) is 14.1. The number of hydrogen-bond donors (Lipinski definition) is 1. The minimum absolute atomic E-state index is 0.000994. The summed E-state index contributed by atoms with van der Waals surface area (Å²) >= 11 is 0. The van der Waals surface area contributed by atoms with Gasteiger partial charge < -0.3 is 14.7 Å². The van der Waals surface area contributed by atoms with E-state index in [9.17, 15) is 4.79 Å². The first-order valence-corrected chi connectivity index (χ1v) is 6.62. The molecule has 18 heavy (non-hydrogen) atoms. The molecule has 0 aromatic carbocycles. The molecule has 2 heterocycles. The number of amides is 1. The fraction of sp³-hybridized carbons (Fsp3) is 0.692. The number of likely N-dealkylation sites (tertiary alicyclic amines) is 1. The number of rotatable bonds is 4. The summed E-state index contributed by atoms with van der Waals surface area (Å²) < 4.78 is 4.90. The third kappa shape index (κ3) is 3.57. The highest BCUT2D eigenvalue weighted by molar-refractivity contribution is 5.89. The van der Waals surface area contributed by atoms with Crippen LogP contribution in [0, 0.1) is 6.92 Å². The molecule has 1 N–H and O–H groups in total. The Kier molecular flexibility index (Phi) is 4.36. The van der Waals surface area contributed by atoms with Crippen LogP contribution < -0.4 is 5.32 Å². The van der Waals surface area contributed by atoms with E-state index in [2.05, 4.69) is 22.3 Å². The van der Waals surface area contributed by atoms with Crippen LogP contribution >= 0.6 is 0 Å². The Morgan fingerprint density at radius 3 is 3.11 bits per heavy atom. The molecule has 1 aromatic heterocycles. The smallest absolute Gasteiger partial charge is 0.226 e. The molecular weight excluding hydrogens is 230 g/mol. The number of hydrogen-bond acceptors (Lipinski definition) is 4. The quantitative estimate of drug-likeness (QED) is 0.891. The number of aryl methyl sites for hydroxylation is 1. The van der Waals surface area contributed by atoms with E-state index < -0.39 is 0 Å². The van der Waals surface area contributed by atoms with Crippen LogP contribution in [0.1, 0.15) is 38.4 Å². The van der Waals surface area contributed by atoms with Crippen molar-refractivity contribution >= 4 is 11.7 Å². The molecule has 100 valence electrons. The van der Waals surface area contributed by atoms with Crippen molar-refractivity contribution in [2.45, 2.75) is 45.6 Å². The molecule has 0 bridgehead atoms. The summed E-state index contributed by atoms with van der Waals surface area (Å²) in [6.45, 7) is 5.97. The summed E-state index contributed by atoms with van der Waals surface area (Å²) in [6.07, 6.45) is 4.30. The summed E-state index contributed by atoms with van der Waals surface area (Å²) in [6, 6.07) is 2.32. The van der Waals surface area contributed by atoms with Crippen molar-refractivity contribution < 1.29 is 9.32 Å². The van der Waals surface area contributed by atoms with Gasteiger partial charge in [-0.2, -0.15) is 0 Å². The molecule has 1 aliphatic heterocycles. The van der Waals surface area contributed by atoms with Crippen LogP contribution in [0.4, 0.5) is 5.82 Å². The zero-order valence-electron chi connectivity index (χ0n) is 11.1. The van der Waals surface area contributed by atoms with E-state index >= 15 is 0 Å². The maximum Gasteiger partial charge on any atom is 0.226 e. The van der Waals surface area contributed by atoms with Gasteiger partial charge in [0.05, 0.1) is 0 Å². The van der Waals surface area contributed by atoms with Gasteiger partial charge in [0.1, 0.15) is 5.76 Å². The lowest BCUT2D eigenvalue weighted by molar-refractivity contribution is -0.116. The van der Waals surface area contributed by atoms with Crippen molar-refractivity contribution in [1.82, 2.24) is 10.1 Å². The van der Waals surface area contributed by atoms with E-state index in [1.54, 1.807) is 13.0 Å². The summed E-state index contributed by atoms with van der Waals surface area (Å²) in [5, 5.41) is 6.49. The molecule has 5 heteroatoms. The number of nitrogens with zero attached hydrogens (tertiary/aromatic N) is 2. The Labute approximate surface area is 108 Å². The van der Waals surface area contributed by atoms with Crippen molar-refractivity contribution in [2.24, 2.45) is 0 Å². The Hall–Kier alpha value is -1.36. The molecule has 5 nitrogen and oxygen atoms in total. The maximum absolute atomic E-state index is 11.8.